The molecule has 0 radical (unpaired) electrons. The minimum Gasteiger partial charge on any atom is -0.493 e. The second-order valence-corrected chi connectivity index (χ2v) is 7.51. The molecule has 2 N–H and O–H groups in total. The third kappa shape index (κ3) is 5.43. The van der Waals surface area contributed by atoms with Crippen molar-refractivity contribution in [2.24, 2.45) is 0 Å². The van der Waals surface area contributed by atoms with Crippen LogP contribution in [0.2, 0.25) is 0 Å². The number of para-hydroxylation sites is 2. The molecule has 176 valence electrons. The fourth-order valence-electron chi connectivity index (χ4n) is 3.55. The number of hydrogen-bond donors (Lipinski definition) is 1. The lowest BCUT2D eigenvalue weighted by atomic mass is 10.2. The molecule has 1 aromatic heterocycles. The van der Waals surface area contributed by atoms with Crippen molar-refractivity contribution >= 4 is 17.6 Å². The number of nitrogens with zero attached hydrogens (tertiary/aromatic N) is 3. The van der Waals surface area contributed by atoms with Crippen molar-refractivity contribution in [3.8, 4) is 29.1 Å². The number of methoxy groups -OCH3 is 1. The number of aromatic nitrogens is 2. The largest absolute Gasteiger partial charge is 0.493 e. The molecule has 33 heavy (non-hydrogen) atoms. The van der Waals surface area contributed by atoms with E-state index in [1.54, 1.807) is 18.2 Å². The topological polar surface area (TPSA) is 135 Å². The Hall–Kier alpha value is -3.60. The summed E-state index contributed by atoms with van der Waals surface area (Å²) in [7, 11) is 1.53. The van der Waals surface area contributed by atoms with Crippen LogP contribution in [0.5, 0.6) is 29.1 Å². The summed E-state index contributed by atoms with van der Waals surface area (Å²) in [5.74, 6) is 0.693. The van der Waals surface area contributed by atoms with E-state index in [9.17, 15) is 9.59 Å². The molecule has 11 nitrogen and oxygen atoms in total. The third-order valence-electron chi connectivity index (χ3n) is 5.25. The molecule has 1 aromatic carbocycles. The molecule has 3 heterocycles. The van der Waals surface area contributed by atoms with Gasteiger partial charge in [0.1, 0.15) is 13.2 Å². The number of imide groups is 1. The zero-order valence-electron chi connectivity index (χ0n) is 18.3. The van der Waals surface area contributed by atoms with Gasteiger partial charge >= 0.3 is 6.01 Å². The van der Waals surface area contributed by atoms with Crippen molar-refractivity contribution in [1.82, 2.24) is 14.9 Å². The van der Waals surface area contributed by atoms with Crippen LogP contribution in [-0.2, 0) is 14.3 Å². The number of carbonyl (C=O) groups is 2. The highest BCUT2D eigenvalue weighted by atomic mass is 16.6. The van der Waals surface area contributed by atoms with E-state index in [1.165, 1.54) is 7.11 Å². The first-order valence-corrected chi connectivity index (χ1v) is 10.7. The number of likely N-dealkylation sites (tertiary alicyclic amines) is 1. The van der Waals surface area contributed by atoms with Gasteiger partial charge in [0.25, 0.3) is 5.88 Å². The van der Waals surface area contributed by atoms with Gasteiger partial charge in [0.15, 0.2) is 17.3 Å². The van der Waals surface area contributed by atoms with Crippen LogP contribution in [0.3, 0.4) is 0 Å². The predicted octanol–water partition coefficient (Wildman–Crippen LogP) is 1.95. The summed E-state index contributed by atoms with van der Waals surface area (Å²) in [5.41, 5.74) is 6.16. The first-order chi connectivity index (χ1) is 16.0. The van der Waals surface area contributed by atoms with E-state index in [0.717, 1.165) is 17.7 Å². The zero-order chi connectivity index (χ0) is 23.2. The Bertz CT molecular complexity index is 994. The average Bonchev–Trinajstić information content (AvgIpc) is 3.45. The summed E-state index contributed by atoms with van der Waals surface area (Å²) in [6.45, 7) is 1.07. The van der Waals surface area contributed by atoms with E-state index < -0.39 is 0 Å². The van der Waals surface area contributed by atoms with Crippen LogP contribution in [0.1, 0.15) is 25.7 Å². The summed E-state index contributed by atoms with van der Waals surface area (Å²) < 4.78 is 28.3. The fraction of sp³-hybridized carbons (Fsp3) is 0.455. The molecule has 4 rings (SSSR count). The van der Waals surface area contributed by atoms with Crippen molar-refractivity contribution in [1.29, 1.82) is 0 Å². The Morgan fingerprint density at radius 1 is 1.12 bits per heavy atom. The lowest BCUT2D eigenvalue weighted by molar-refractivity contribution is -0.138. The van der Waals surface area contributed by atoms with Crippen LogP contribution >= 0.6 is 0 Å². The molecule has 2 fully saturated rings. The van der Waals surface area contributed by atoms with Gasteiger partial charge < -0.3 is 29.4 Å². The van der Waals surface area contributed by atoms with Crippen LogP contribution < -0.4 is 24.7 Å². The molecule has 2 aliphatic rings. The number of rotatable bonds is 10. The smallest absolute Gasteiger partial charge is 0.322 e. The number of amides is 2. The molecule has 0 spiro atoms. The zero-order valence-corrected chi connectivity index (χ0v) is 18.3. The quantitative estimate of drug-likeness (QED) is 0.526. The van der Waals surface area contributed by atoms with Gasteiger partial charge in [-0.25, -0.2) is 0 Å². The van der Waals surface area contributed by atoms with Gasteiger partial charge in [0, 0.05) is 19.4 Å². The van der Waals surface area contributed by atoms with Gasteiger partial charge in [0.05, 0.1) is 19.8 Å². The van der Waals surface area contributed by atoms with Crippen molar-refractivity contribution in [3.63, 3.8) is 0 Å². The summed E-state index contributed by atoms with van der Waals surface area (Å²) in [6.07, 6.45) is 2.23. The first-order valence-electron chi connectivity index (χ1n) is 10.7. The Kier molecular flexibility index (Phi) is 7.08. The van der Waals surface area contributed by atoms with Gasteiger partial charge in [-0.2, -0.15) is 9.97 Å². The van der Waals surface area contributed by atoms with Crippen molar-refractivity contribution in [2.45, 2.75) is 31.8 Å². The second kappa shape index (κ2) is 10.3. The van der Waals surface area contributed by atoms with Crippen LogP contribution in [0.25, 0.3) is 0 Å². The Labute approximate surface area is 190 Å². The highest BCUT2D eigenvalue weighted by Crippen LogP contribution is 2.39. The molecule has 0 bridgehead atoms. The number of nitrogen functional groups attached to an aromatic ring is 1. The highest BCUT2D eigenvalue weighted by molar-refractivity contribution is 6.01. The Balaban J connectivity index is 1.51. The van der Waals surface area contributed by atoms with E-state index in [4.69, 9.17) is 29.4 Å². The standard InChI is InChI=1S/C22H26N4O7/c1-29-15-6-2-3-7-16(15)33-19-20(23)24-22(25-21(19)32-13-14-5-4-11-30-14)31-12-10-26-17(27)8-9-18(26)28/h2-3,6-7,14H,4-5,8-13H2,1H3,(H2,23,24,25). The number of nitrogens with two attached hydrogens (primary N) is 1. The molecule has 1 atom stereocenters. The fourth-order valence-corrected chi connectivity index (χ4v) is 3.55. The maximum absolute atomic E-state index is 11.8. The van der Waals surface area contributed by atoms with Crippen molar-refractivity contribution < 1.29 is 33.3 Å². The molecule has 2 amide bonds. The molecular weight excluding hydrogens is 432 g/mol. The first kappa shape index (κ1) is 22.6. The predicted molar refractivity (Wildman–Crippen MR) is 115 cm³/mol. The molecule has 2 saturated heterocycles. The Morgan fingerprint density at radius 2 is 1.88 bits per heavy atom. The van der Waals surface area contributed by atoms with Gasteiger partial charge in [0.2, 0.25) is 17.6 Å². The number of benzene rings is 1. The average molecular weight is 458 g/mol. The second-order valence-electron chi connectivity index (χ2n) is 7.51. The summed E-state index contributed by atoms with van der Waals surface area (Å²) in [5, 5.41) is 0. The molecular formula is C22H26N4O7. The number of ether oxygens (including phenoxy) is 5. The van der Waals surface area contributed by atoms with Gasteiger partial charge in [-0.3, -0.25) is 14.5 Å². The molecule has 2 aliphatic heterocycles. The van der Waals surface area contributed by atoms with Gasteiger partial charge in [-0.1, -0.05) is 12.1 Å². The van der Waals surface area contributed by atoms with Crippen LogP contribution in [0.4, 0.5) is 5.82 Å². The summed E-state index contributed by atoms with van der Waals surface area (Å²) in [4.78, 5) is 33.1. The lowest BCUT2D eigenvalue weighted by Gasteiger charge is -2.18. The maximum atomic E-state index is 11.8. The van der Waals surface area contributed by atoms with Crippen LogP contribution in [-0.4, -0.2) is 66.3 Å². The molecule has 0 saturated carbocycles. The maximum Gasteiger partial charge on any atom is 0.322 e. The number of hydrogen-bond acceptors (Lipinski definition) is 10. The number of anilines is 1. The molecule has 1 unspecified atom stereocenters. The van der Waals surface area contributed by atoms with Gasteiger partial charge in [-0.05, 0) is 25.0 Å². The molecule has 0 aliphatic carbocycles. The minimum absolute atomic E-state index is 0.00146. The van der Waals surface area contributed by atoms with E-state index in [1.807, 2.05) is 6.07 Å². The lowest BCUT2D eigenvalue weighted by Crippen LogP contribution is -2.33. The minimum atomic E-state index is -0.217. The monoisotopic (exact) mass is 458 g/mol. The Morgan fingerprint density at radius 3 is 2.58 bits per heavy atom. The van der Waals surface area contributed by atoms with Crippen molar-refractivity contribution in [3.05, 3.63) is 24.3 Å². The third-order valence-corrected chi connectivity index (χ3v) is 5.25. The highest BCUT2D eigenvalue weighted by Gasteiger charge is 2.28. The normalized spacial score (nSPS) is 18.0. The van der Waals surface area contributed by atoms with E-state index in [0.29, 0.717) is 18.1 Å². The molecule has 2 aromatic rings. The van der Waals surface area contributed by atoms with E-state index in [2.05, 4.69) is 9.97 Å². The molecule has 11 heteroatoms. The van der Waals surface area contributed by atoms with Crippen LogP contribution in [0.15, 0.2) is 24.3 Å². The van der Waals surface area contributed by atoms with Crippen LogP contribution in [0, 0.1) is 0 Å². The van der Waals surface area contributed by atoms with Gasteiger partial charge in [-0.15, -0.1) is 0 Å². The summed E-state index contributed by atoms with van der Waals surface area (Å²) >= 11 is 0. The van der Waals surface area contributed by atoms with E-state index >= 15 is 0 Å². The number of carbonyl (C=O) groups excluding carboxylic acids is 2. The SMILES string of the molecule is COc1ccccc1Oc1c(N)nc(OCCN2C(=O)CCC2=O)nc1OCC1CCCO1. The van der Waals surface area contributed by atoms with Crippen molar-refractivity contribution in [2.75, 3.05) is 39.2 Å². The summed E-state index contributed by atoms with van der Waals surface area (Å²) in [6, 6.07) is 7.02. The van der Waals surface area contributed by atoms with E-state index in [-0.39, 0.29) is 74.0 Å².